The summed E-state index contributed by atoms with van der Waals surface area (Å²) in [5, 5.41) is 9.60. The van der Waals surface area contributed by atoms with E-state index in [1.54, 1.807) is 24.3 Å². The van der Waals surface area contributed by atoms with Gasteiger partial charge in [-0.2, -0.15) is 0 Å². The molecule has 0 aliphatic rings. The van der Waals surface area contributed by atoms with Crippen molar-refractivity contribution in [2.75, 3.05) is 27.2 Å². The molecule has 0 spiro atoms. The summed E-state index contributed by atoms with van der Waals surface area (Å²) >= 11 is 0. The van der Waals surface area contributed by atoms with Crippen LogP contribution in [0.25, 0.3) is 0 Å². The number of benzene rings is 1. The molecule has 0 aromatic heterocycles. The van der Waals surface area contributed by atoms with Crippen molar-refractivity contribution in [3.63, 3.8) is 0 Å². The number of aromatic hydroxyl groups is 1. The number of hydrogen-bond acceptors (Lipinski definition) is 5. The highest BCUT2D eigenvalue weighted by Crippen LogP contribution is 2.30. The maximum absolute atomic E-state index is 11.4. The zero-order valence-corrected chi connectivity index (χ0v) is 11.8. The minimum Gasteiger partial charge on any atom is -0.508 e. The summed E-state index contributed by atoms with van der Waals surface area (Å²) in [6.07, 6.45) is 0. The van der Waals surface area contributed by atoms with Gasteiger partial charge in [0.15, 0.2) is 0 Å². The summed E-state index contributed by atoms with van der Waals surface area (Å²) < 4.78 is 11.1. The molecule has 19 heavy (non-hydrogen) atoms. The van der Waals surface area contributed by atoms with Crippen LogP contribution in [0, 0.1) is 0 Å². The third-order valence-corrected chi connectivity index (χ3v) is 2.50. The van der Waals surface area contributed by atoms with E-state index in [0.717, 1.165) is 0 Å². The van der Waals surface area contributed by atoms with Crippen LogP contribution < -0.4 is 0 Å². The lowest BCUT2D eigenvalue weighted by molar-refractivity contribution is -0.241. The van der Waals surface area contributed by atoms with Crippen LogP contribution in [-0.2, 0) is 20.1 Å². The highest BCUT2D eigenvalue weighted by molar-refractivity contribution is 5.66. The molecule has 0 aliphatic heterocycles. The highest BCUT2D eigenvalue weighted by atomic mass is 16.7. The first-order chi connectivity index (χ1) is 8.89. The molecule has 1 atom stereocenters. The van der Waals surface area contributed by atoms with E-state index in [0.29, 0.717) is 18.7 Å². The molecule has 0 amide bonds. The van der Waals surface area contributed by atoms with Crippen LogP contribution in [0.2, 0.25) is 0 Å². The van der Waals surface area contributed by atoms with Gasteiger partial charge in [-0.05, 0) is 33.2 Å². The quantitative estimate of drug-likeness (QED) is 0.628. The van der Waals surface area contributed by atoms with Gasteiger partial charge < -0.3 is 19.5 Å². The van der Waals surface area contributed by atoms with Gasteiger partial charge in [0.1, 0.15) is 5.75 Å². The lowest BCUT2D eigenvalue weighted by Crippen LogP contribution is -2.43. The number of likely N-dealkylation sites (N-methyl/N-ethyl adjacent to an activating group) is 1. The fourth-order valence-corrected chi connectivity index (χ4v) is 1.97. The number of ether oxygens (including phenoxy) is 2. The van der Waals surface area contributed by atoms with Crippen molar-refractivity contribution in [3.8, 4) is 5.75 Å². The van der Waals surface area contributed by atoms with E-state index in [1.807, 2.05) is 25.9 Å². The average molecular weight is 267 g/mol. The van der Waals surface area contributed by atoms with E-state index in [9.17, 15) is 9.90 Å². The number of nitrogens with zero attached hydrogens (tertiary/aromatic N) is 1. The second-order valence-electron chi connectivity index (χ2n) is 4.57. The minimum absolute atomic E-state index is 0.104. The van der Waals surface area contributed by atoms with E-state index >= 15 is 0 Å². The summed E-state index contributed by atoms with van der Waals surface area (Å²) in [7, 11) is 3.72. The molecule has 0 saturated heterocycles. The first-order valence-corrected chi connectivity index (χ1v) is 6.17. The molecule has 1 rings (SSSR count). The molecule has 0 aliphatic carbocycles. The Morgan fingerprint density at radius 3 is 2.58 bits per heavy atom. The predicted octanol–water partition coefficient (Wildman–Crippen LogP) is 1.71. The topological polar surface area (TPSA) is 59.0 Å². The Bertz CT molecular complexity index is 433. The number of hydrogen-bond donors (Lipinski definition) is 1. The molecule has 1 N–H and O–H groups in total. The number of rotatable bonds is 6. The summed E-state index contributed by atoms with van der Waals surface area (Å²) in [5.74, 6) is -1.53. The molecule has 5 nitrogen and oxygen atoms in total. The van der Waals surface area contributed by atoms with Crippen molar-refractivity contribution in [2.45, 2.75) is 19.6 Å². The van der Waals surface area contributed by atoms with Gasteiger partial charge in [-0.25, -0.2) is 0 Å². The Hall–Kier alpha value is -1.59. The summed E-state index contributed by atoms with van der Waals surface area (Å²) in [5.41, 5.74) is 0.609. The Morgan fingerprint density at radius 1 is 1.42 bits per heavy atom. The molecule has 0 heterocycles. The Labute approximate surface area is 113 Å². The van der Waals surface area contributed by atoms with Crippen molar-refractivity contribution in [3.05, 3.63) is 29.8 Å². The van der Waals surface area contributed by atoms with Crippen LogP contribution in [0.15, 0.2) is 24.3 Å². The number of phenols is 1. The van der Waals surface area contributed by atoms with Crippen molar-refractivity contribution in [2.24, 2.45) is 0 Å². The van der Waals surface area contributed by atoms with Gasteiger partial charge >= 0.3 is 5.97 Å². The van der Waals surface area contributed by atoms with Crippen LogP contribution in [0.5, 0.6) is 5.75 Å². The normalized spacial score (nSPS) is 14.2. The van der Waals surface area contributed by atoms with Gasteiger partial charge in [0.2, 0.25) is 0 Å². The second-order valence-corrected chi connectivity index (χ2v) is 4.57. The molecular formula is C14H21NO4. The van der Waals surface area contributed by atoms with E-state index < -0.39 is 11.8 Å². The van der Waals surface area contributed by atoms with E-state index in [-0.39, 0.29) is 5.75 Å². The van der Waals surface area contributed by atoms with Crippen LogP contribution in [0.1, 0.15) is 19.4 Å². The van der Waals surface area contributed by atoms with Gasteiger partial charge in [0, 0.05) is 19.1 Å². The SMILES string of the molecule is CCOC(CN(C)C)(OC(C)=O)c1cccc(O)c1. The van der Waals surface area contributed by atoms with E-state index in [1.165, 1.54) is 6.92 Å². The van der Waals surface area contributed by atoms with Crippen molar-refractivity contribution < 1.29 is 19.4 Å². The zero-order chi connectivity index (χ0) is 14.5. The standard InChI is InChI=1S/C14H21NO4/c1-5-18-14(10-15(3)4,19-11(2)16)12-7-6-8-13(17)9-12/h6-9,17H,5,10H2,1-4H3. The fourth-order valence-electron chi connectivity index (χ4n) is 1.97. The van der Waals surface area contributed by atoms with Crippen molar-refractivity contribution in [1.29, 1.82) is 0 Å². The molecule has 1 unspecified atom stereocenters. The van der Waals surface area contributed by atoms with Crippen LogP contribution >= 0.6 is 0 Å². The molecule has 0 bridgehead atoms. The van der Waals surface area contributed by atoms with Gasteiger partial charge in [-0.15, -0.1) is 0 Å². The van der Waals surface area contributed by atoms with Crippen LogP contribution in [-0.4, -0.2) is 43.2 Å². The number of carbonyl (C=O) groups excluding carboxylic acids is 1. The third kappa shape index (κ3) is 4.22. The van der Waals surface area contributed by atoms with Crippen LogP contribution in [0.3, 0.4) is 0 Å². The number of esters is 1. The average Bonchev–Trinajstić information content (AvgIpc) is 2.27. The van der Waals surface area contributed by atoms with E-state index in [2.05, 4.69) is 0 Å². The van der Waals surface area contributed by atoms with Gasteiger partial charge in [-0.1, -0.05) is 12.1 Å². The third-order valence-electron chi connectivity index (χ3n) is 2.50. The zero-order valence-electron chi connectivity index (χ0n) is 11.8. The molecular weight excluding hydrogens is 246 g/mol. The Balaban J connectivity index is 3.23. The maximum atomic E-state index is 11.4. The molecule has 0 radical (unpaired) electrons. The second kappa shape index (κ2) is 6.54. The molecule has 1 aromatic carbocycles. The molecule has 106 valence electrons. The predicted molar refractivity (Wildman–Crippen MR) is 71.7 cm³/mol. The first-order valence-electron chi connectivity index (χ1n) is 6.17. The summed E-state index contributed by atoms with van der Waals surface area (Å²) in [6, 6.07) is 6.56. The van der Waals surface area contributed by atoms with Gasteiger partial charge in [0.25, 0.3) is 5.79 Å². The molecule has 5 heteroatoms. The number of phenolic OH excluding ortho intramolecular Hbond substituents is 1. The largest absolute Gasteiger partial charge is 0.508 e. The monoisotopic (exact) mass is 267 g/mol. The fraction of sp³-hybridized carbons (Fsp3) is 0.500. The smallest absolute Gasteiger partial charge is 0.305 e. The Morgan fingerprint density at radius 2 is 2.11 bits per heavy atom. The molecule has 1 aromatic rings. The van der Waals surface area contributed by atoms with Gasteiger partial charge in [0.05, 0.1) is 6.54 Å². The lowest BCUT2D eigenvalue weighted by atomic mass is 10.0. The maximum Gasteiger partial charge on any atom is 0.305 e. The van der Waals surface area contributed by atoms with Gasteiger partial charge in [-0.3, -0.25) is 4.79 Å². The van der Waals surface area contributed by atoms with Crippen molar-refractivity contribution >= 4 is 5.97 Å². The van der Waals surface area contributed by atoms with E-state index in [4.69, 9.17) is 9.47 Å². The van der Waals surface area contributed by atoms with Crippen molar-refractivity contribution in [1.82, 2.24) is 4.90 Å². The minimum atomic E-state index is -1.21. The lowest BCUT2D eigenvalue weighted by Gasteiger charge is -2.35. The Kier molecular flexibility index (Phi) is 5.32. The number of carbonyl (C=O) groups is 1. The molecule has 0 saturated carbocycles. The van der Waals surface area contributed by atoms with Crippen LogP contribution in [0.4, 0.5) is 0 Å². The molecule has 0 fully saturated rings. The summed E-state index contributed by atoms with van der Waals surface area (Å²) in [4.78, 5) is 13.3. The highest BCUT2D eigenvalue weighted by Gasteiger charge is 2.37. The summed E-state index contributed by atoms with van der Waals surface area (Å²) in [6.45, 7) is 3.92. The first kappa shape index (κ1) is 15.5.